The molecule has 0 radical (unpaired) electrons. The van der Waals surface area contributed by atoms with E-state index >= 15 is 0 Å². The third-order valence-corrected chi connectivity index (χ3v) is 19.6. The number of fused-ring (bicyclic) bond motifs is 18. The van der Waals surface area contributed by atoms with Gasteiger partial charge in [0.1, 0.15) is 0 Å². The number of hydrogen-bond donors (Lipinski definition) is 0. The lowest BCUT2D eigenvalue weighted by molar-refractivity contribution is 0.583. The van der Waals surface area contributed by atoms with Gasteiger partial charge >= 0.3 is 0 Å². The second-order valence-electron chi connectivity index (χ2n) is 29.4. The van der Waals surface area contributed by atoms with Crippen molar-refractivity contribution in [1.82, 2.24) is 13.7 Å². The predicted molar refractivity (Wildman–Crippen MR) is 338 cm³/mol. The monoisotopic (exact) mass is 1020 g/mol. The lowest BCUT2D eigenvalue weighted by Crippen LogP contribution is -2.60. The second kappa shape index (κ2) is 14.6. The van der Waals surface area contributed by atoms with Crippen LogP contribution < -0.4 is 16.4 Å². The Morgan fingerprint density at radius 3 is 1.42 bits per heavy atom. The molecule has 4 heteroatoms. The number of para-hydroxylation sites is 2. The molecule has 0 N–H and O–H groups in total. The molecule has 6 heterocycles. The Balaban J connectivity index is 1.15. The van der Waals surface area contributed by atoms with Crippen LogP contribution in [0.1, 0.15) is 154 Å². The fraction of sp³-hybridized carbons (Fsp3) is 0.280. The molecule has 0 unspecified atom stereocenters. The summed E-state index contributed by atoms with van der Waals surface area (Å²) in [6, 6.07) is 61.3. The van der Waals surface area contributed by atoms with Crippen molar-refractivity contribution < 1.29 is 0 Å². The van der Waals surface area contributed by atoms with E-state index in [1.165, 1.54) is 160 Å². The Hall–Kier alpha value is -7.56. The molecule has 0 atom stereocenters. The Labute approximate surface area is 466 Å². The van der Waals surface area contributed by atoms with Crippen molar-refractivity contribution in [3.63, 3.8) is 0 Å². The Kier molecular flexibility index (Phi) is 8.78. The number of benzene rings is 9. The van der Waals surface area contributed by atoms with Crippen LogP contribution in [0, 0.1) is 0 Å². The van der Waals surface area contributed by atoms with Gasteiger partial charge in [0.25, 0.3) is 6.71 Å². The smallest absolute Gasteiger partial charge is 0.252 e. The zero-order valence-electron chi connectivity index (χ0n) is 48.9. The minimum atomic E-state index is -0.625. The summed E-state index contributed by atoms with van der Waals surface area (Å²) in [5.74, 6) is 0. The predicted octanol–water partition coefficient (Wildman–Crippen LogP) is 17.3. The molecular formula is C75H70BN3. The SMILES string of the molecule is CC(C)(C)c1ccc(-n2c3ccccc3c3c4c5ccccc5n5c4c(cc32)B2c3c-5ccc4c3-n3c5c2cc(C(C)(C)C)cc5c2cc(C(C)(C)C)cc(c23)C42c3cc(C(C)(C)C)ccc3-c3ccc(C(C)(C)C)cc32)cc1. The summed E-state index contributed by atoms with van der Waals surface area (Å²) in [5.41, 5.74) is 30.1. The van der Waals surface area contributed by atoms with Crippen LogP contribution in [0.15, 0.2) is 152 Å². The van der Waals surface area contributed by atoms with E-state index in [4.69, 9.17) is 0 Å². The molecule has 3 aliphatic heterocycles. The van der Waals surface area contributed by atoms with Gasteiger partial charge in [-0.1, -0.05) is 207 Å². The highest BCUT2D eigenvalue weighted by molar-refractivity contribution is 7.00. The summed E-state index contributed by atoms with van der Waals surface area (Å²) in [5, 5.41) is 7.99. The highest BCUT2D eigenvalue weighted by Gasteiger charge is 2.55. The van der Waals surface area contributed by atoms with E-state index in [1.54, 1.807) is 0 Å². The van der Waals surface area contributed by atoms with Crippen molar-refractivity contribution in [3.8, 4) is 28.2 Å². The van der Waals surface area contributed by atoms with Crippen LogP contribution in [0.4, 0.5) is 0 Å². The highest BCUT2D eigenvalue weighted by atomic mass is 15.1. The molecule has 0 fully saturated rings. The fourth-order valence-corrected chi connectivity index (χ4v) is 15.5. The minimum Gasteiger partial charge on any atom is -0.310 e. The van der Waals surface area contributed by atoms with Crippen LogP contribution in [0.25, 0.3) is 93.6 Å². The first-order chi connectivity index (χ1) is 37.4. The maximum absolute atomic E-state index is 2.81. The number of hydrogen-bond acceptors (Lipinski definition) is 0. The normalized spacial score (nSPS) is 15.1. The first-order valence-corrected chi connectivity index (χ1v) is 29.1. The van der Waals surface area contributed by atoms with Gasteiger partial charge in [0.15, 0.2) is 0 Å². The topological polar surface area (TPSA) is 14.8 Å². The van der Waals surface area contributed by atoms with Gasteiger partial charge in [-0.05, 0) is 153 Å². The van der Waals surface area contributed by atoms with Gasteiger partial charge in [0.05, 0.1) is 33.0 Å². The Bertz CT molecular complexity index is 4710. The van der Waals surface area contributed by atoms with Crippen LogP contribution in [0.3, 0.4) is 0 Å². The van der Waals surface area contributed by atoms with Crippen molar-refractivity contribution in [2.24, 2.45) is 0 Å². The Morgan fingerprint density at radius 1 is 0.342 bits per heavy atom. The molecule has 0 amide bonds. The van der Waals surface area contributed by atoms with Crippen LogP contribution in [-0.4, -0.2) is 20.4 Å². The third kappa shape index (κ3) is 5.85. The van der Waals surface area contributed by atoms with Gasteiger partial charge < -0.3 is 13.7 Å². The lowest BCUT2D eigenvalue weighted by atomic mass is 9.33. The molecule has 3 nitrogen and oxygen atoms in total. The zero-order chi connectivity index (χ0) is 54.7. The highest BCUT2D eigenvalue weighted by Crippen LogP contribution is 2.63. The average molecular weight is 1020 g/mol. The molecule has 0 bridgehead atoms. The number of rotatable bonds is 1. The van der Waals surface area contributed by atoms with Crippen LogP contribution in [0.5, 0.6) is 0 Å². The zero-order valence-corrected chi connectivity index (χ0v) is 48.9. The third-order valence-electron chi connectivity index (χ3n) is 19.6. The van der Waals surface area contributed by atoms with Gasteiger partial charge in [-0.3, -0.25) is 0 Å². The molecule has 0 saturated heterocycles. The molecule has 3 aromatic heterocycles. The van der Waals surface area contributed by atoms with Crippen molar-refractivity contribution in [2.75, 3.05) is 0 Å². The van der Waals surface area contributed by atoms with E-state index in [9.17, 15) is 0 Å². The maximum atomic E-state index is 2.81. The summed E-state index contributed by atoms with van der Waals surface area (Å²) in [6.45, 7) is 35.7. The van der Waals surface area contributed by atoms with Gasteiger partial charge in [-0.15, -0.1) is 0 Å². The first-order valence-electron chi connectivity index (χ1n) is 29.1. The number of nitrogens with zero attached hydrogens (tertiary/aromatic N) is 3. The molecule has 12 aromatic rings. The molecular weight excluding hydrogens is 954 g/mol. The van der Waals surface area contributed by atoms with Crippen LogP contribution in [-0.2, 0) is 32.5 Å². The van der Waals surface area contributed by atoms with Gasteiger partial charge in [0, 0.05) is 54.9 Å². The van der Waals surface area contributed by atoms with Crippen LogP contribution >= 0.6 is 0 Å². The van der Waals surface area contributed by atoms with Gasteiger partial charge in [-0.25, -0.2) is 0 Å². The van der Waals surface area contributed by atoms with E-state index in [0.29, 0.717) is 0 Å². The Morgan fingerprint density at radius 2 is 0.835 bits per heavy atom. The van der Waals surface area contributed by atoms with Crippen molar-refractivity contribution >= 4 is 88.5 Å². The summed E-state index contributed by atoms with van der Waals surface area (Å²) in [7, 11) is 0. The van der Waals surface area contributed by atoms with Gasteiger partial charge in [0.2, 0.25) is 0 Å². The summed E-state index contributed by atoms with van der Waals surface area (Å²) in [4.78, 5) is 0. The van der Waals surface area contributed by atoms with Crippen molar-refractivity contribution in [1.29, 1.82) is 0 Å². The quantitative estimate of drug-likeness (QED) is 0.146. The second-order valence-corrected chi connectivity index (χ2v) is 29.4. The van der Waals surface area contributed by atoms with Gasteiger partial charge in [-0.2, -0.15) is 0 Å². The molecule has 0 saturated carbocycles. The standard InChI is InChI=1S/C75H70BN3/c1-70(2,3)41-24-28-46(29-25-41)77-59-22-18-16-20-49(59)63-62(77)40-58-69-64(63)50-21-17-19-23-60(50)78(69)61-33-32-53-68-65(61)76(58)57-39-45(74(13,14)15)35-52-51-34-44(73(10,11)12)38-56(66(51)79(68)67(52)57)75(53)54-36-42(71(4,5)6)26-30-47(54)48-31-27-43(37-55(48)75)72(7,8)9/h16-40H,1-15H3. The molecule has 388 valence electrons. The fourth-order valence-electron chi connectivity index (χ4n) is 15.5. The molecule has 1 spiro atoms. The molecule has 4 aliphatic rings. The van der Waals surface area contributed by atoms with E-state index in [0.717, 1.165) is 0 Å². The summed E-state index contributed by atoms with van der Waals surface area (Å²) < 4.78 is 8.09. The van der Waals surface area contributed by atoms with Crippen molar-refractivity contribution in [3.05, 3.63) is 202 Å². The molecule has 9 aromatic carbocycles. The molecule has 16 rings (SSSR count). The maximum Gasteiger partial charge on any atom is 0.252 e. The number of aromatic nitrogens is 3. The summed E-state index contributed by atoms with van der Waals surface area (Å²) >= 11 is 0. The van der Waals surface area contributed by atoms with Crippen molar-refractivity contribution in [2.45, 2.75) is 136 Å². The largest absolute Gasteiger partial charge is 0.310 e. The minimum absolute atomic E-state index is 0.0422. The summed E-state index contributed by atoms with van der Waals surface area (Å²) in [6.07, 6.45) is 0. The van der Waals surface area contributed by atoms with E-state index in [2.05, 4.69) is 269 Å². The molecule has 1 aliphatic carbocycles. The van der Waals surface area contributed by atoms with E-state index in [-0.39, 0.29) is 33.8 Å². The van der Waals surface area contributed by atoms with E-state index < -0.39 is 5.41 Å². The first kappa shape index (κ1) is 47.4. The van der Waals surface area contributed by atoms with E-state index in [1.807, 2.05) is 0 Å². The average Bonchev–Trinajstić information content (AvgIpc) is 1.81. The molecule has 79 heavy (non-hydrogen) atoms. The lowest BCUT2D eigenvalue weighted by Gasteiger charge is -2.45. The van der Waals surface area contributed by atoms with Crippen LogP contribution in [0.2, 0.25) is 0 Å².